The first-order chi connectivity index (χ1) is 11.8. The molecule has 1 aromatic carbocycles. The van der Waals surface area contributed by atoms with Crippen LogP contribution < -0.4 is 5.32 Å². The molecule has 6 heteroatoms. The standard InChI is InChI=1S/C18H14N4OS/c1-2-16-17(24-22-21-16)18(23)20-15-8-5-6-13(12-15)9-10-14-7-3-4-11-19-14/h3-8,11-12H,2H2,1H3,(H,20,23). The van der Waals surface area contributed by atoms with Gasteiger partial charge in [-0.1, -0.05) is 29.5 Å². The van der Waals surface area contributed by atoms with E-state index in [0.717, 1.165) is 17.1 Å². The van der Waals surface area contributed by atoms with E-state index in [4.69, 9.17) is 0 Å². The summed E-state index contributed by atoms with van der Waals surface area (Å²) in [5.41, 5.74) is 2.90. The highest BCUT2D eigenvalue weighted by atomic mass is 32.1. The molecule has 0 unspecified atom stereocenters. The summed E-state index contributed by atoms with van der Waals surface area (Å²) in [6.07, 6.45) is 2.38. The highest BCUT2D eigenvalue weighted by Gasteiger charge is 2.14. The third-order valence-corrected chi connectivity index (χ3v) is 3.98. The van der Waals surface area contributed by atoms with Gasteiger partial charge in [-0.25, -0.2) is 4.98 Å². The van der Waals surface area contributed by atoms with Crippen molar-refractivity contribution in [2.75, 3.05) is 5.32 Å². The van der Waals surface area contributed by atoms with Crippen LogP contribution in [0, 0.1) is 11.8 Å². The fraction of sp³-hybridized carbons (Fsp3) is 0.111. The number of benzene rings is 1. The Hall–Kier alpha value is -3.04. The van der Waals surface area contributed by atoms with Crippen molar-refractivity contribution in [2.24, 2.45) is 0 Å². The van der Waals surface area contributed by atoms with Gasteiger partial charge < -0.3 is 5.32 Å². The molecule has 5 nitrogen and oxygen atoms in total. The minimum absolute atomic E-state index is 0.198. The molecule has 2 heterocycles. The molecule has 24 heavy (non-hydrogen) atoms. The number of nitrogens with one attached hydrogen (secondary N) is 1. The average molecular weight is 334 g/mol. The molecule has 118 valence electrons. The van der Waals surface area contributed by atoms with Gasteiger partial charge in [-0.2, -0.15) is 0 Å². The number of hydrogen-bond acceptors (Lipinski definition) is 5. The molecule has 3 aromatic rings. The van der Waals surface area contributed by atoms with Gasteiger partial charge >= 0.3 is 0 Å². The van der Waals surface area contributed by atoms with Gasteiger partial charge in [0, 0.05) is 17.4 Å². The molecule has 0 aliphatic carbocycles. The molecule has 0 aliphatic heterocycles. The molecular weight excluding hydrogens is 320 g/mol. The van der Waals surface area contributed by atoms with Crippen molar-refractivity contribution < 1.29 is 4.79 Å². The Balaban J connectivity index is 1.76. The number of carbonyl (C=O) groups is 1. The fourth-order valence-electron chi connectivity index (χ4n) is 2.05. The van der Waals surface area contributed by atoms with Crippen LogP contribution >= 0.6 is 11.5 Å². The van der Waals surface area contributed by atoms with E-state index >= 15 is 0 Å². The Morgan fingerprint density at radius 1 is 1.21 bits per heavy atom. The lowest BCUT2D eigenvalue weighted by atomic mass is 10.2. The second-order valence-electron chi connectivity index (χ2n) is 4.90. The van der Waals surface area contributed by atoms with Crippen molar-refractivity contribution in [1.82, 2.24) is 14.6 Å². The molecule has 0 fully saturated rings. The molecule has 1 amide bonds. The number of aryl methyl sites for hydroxylation is 1. The van der Waals surface area contributed by atoms with E-state index in [9.17, 15) is 4.79 Å². The summed E-state index contributed by atoms with van der Waals surface area (Å²) in [7, 11) is 0. The first-order valence-electron chi connectivity index (χ1n) is 7.42. The van der Waals surface area contributed by atoms with E-state index in [1.54, 1.807) is 6.20 Å². The largest absolute Gasteiger partial charge is 0.321 e. The summed E-state index contributed by atoms with van der Waals surface area (Å²) < 4.78 is 3.84. The van der Waals surface area contributed by atoms with Crippen molar-refractivity contribution in [2.45, 2.75) is 13.3 Å². The zero-order valence-electron chi connectivity index (χ0n) is 13.0. The van der Waals surface area contributed by atoms with Crippen molar-refractivity contribution in [3.63, 3.8) is 0 Å². The summed E-state index contributed by atoms with van der Waals surface area (Å²) in [6, 6.07) is 13.0. The van der Waals surface area contributed by atoms with Crippen LogP contribution in [0.25, 0.3) is 0 Å². The Morgan fingerprint density at radius 2 is 2.12 bits per heavy atom. The SMILES string of the molecule is CCc1nnsc1C(=O)Nc1cccc(C#Cc2ccccn2)c1. The van der Waals surface area contributed by atoms with E-state index in [-0.39, 0.29) is 5.91 Å². The van der Waals surface area contributed by atoms with Crippen LogP contribution in [0.1, 0.15) is 33.5 Å². The number of aromatic nitrogens is 3. The van der Waals surface area contributed by atoms with Crippen LogP contribution in [0.2, 0.25) is 0 Å². The van der Waals surface area contributed by atoms with E-state index in [2.05, 4.69) is 31.7 Å². The van der Waals surface area contributed by atoms with E-state index < -0.39 is 0 Å². The van der Waals surface area contributed by atoms with E-state index in [1.165, 1.54) is 0 Å². The van der Waals surface area contributed by atoms with Crippen molar-refractivity contribution >= 4 is 23.1 Å². The summed E-state index contributed by atoms with van der Waals surface area (Å²) >= 11 is 1.10. The monoisotopic (exact) mass is 334 g/mol. The molecule has 0 saturated heterocycles. The first-order valence-corrected chi connectivity index (χ1v) is 8.19. The smallest absolute Gasteiger partial charge is 0.269 e. The number of nitrogens with zero attached hydrogens (tertiary/aromatic N) is 3. The quantitative estimate of drug-likeness (QED) is 0.747. The summed E-state index contributed by atoms with van der Waals surface area (Å²) in [5.74, 6) is 5.84. The maximum Gasteiger partial charge on any atom is 0.269 e. The minimum Gasteiger partial charge on any atom is -0.321 e. The number of rotatable bonds is 3. The van der Waals surface area contributed by atoms with Crippen LogP contribution in [-0.4, -0.2) is 20.5 Å². The van der Waals surface area contributed by atoms with Crippen LogP contribution in [-0.2, 0) is 6.42 Å². The second kappa shape index (κ2) is 7.49. The predicted octanol–water partition coefficient (Wildman–Crippen LogP) is 3.15. The highest BCUT2D eigenvalue weighted by molar-refractivity contribution is 7.08. The first kappa shape index (κ1) is 15.8. The van der Waals surface area contributed by atoms with Crippen LogP contribution in [0.5, 0.6) is 0 Å². The molecule has 0 aliphatic rings. The average Bonchev–Trinajstić information content (AvgIpc) is 3.10. The molecule has 0 spiro atoms. The van der Waals surface area contributed by atoms with Crippen LogP contribution in [0.3, 0.4) is 0 Å². The van der Waals surface area contributed by atoms with Gasteiger partial charge in [0.15, 0.2) is 0 Å². The predicted molar refractivity (Wildman–Crippen MR) is 93.9 cm³/mol. The Labute approximate surface area is 143 Å². The fourth-order valence-corrected chi connectivity index (χ4v) is 2.69. The van der Waals surface area contributed by atoms with Gasteiger partial charge in [0.05, 0.1) is 5.69 Å². The summed E-state index contributed by atoms with van der Waals surface area (Å²) in [6.45, 7) is 1.95. The Bertz CT molecular complexity index is 909. The third kappa shape index (κ3) is 3.83. The number of anilines is 1. The van der Waals surface area contributed by atoms with Gasteiger partial charge in [-0.15, -0.1) is 5.10 Å². The molecule has 0 atom stereocenters. The lowest BCUT2D eigenvalue weighted by Gasteiger charge is -2.04. The summed E-state index contributed by atoms with van der Waals surface area (Å²) in [5, 5.41) is 6.82. The molecule has 2 aromatic heterocycles. The van der Waals surface area contributed by atoms with E-state index in [0.29, 0.717) is 28.4 Å². The maximum atomic E-state index is 12.3. The molecule has 1 N–H and O–H groups in total. The lowest BCUT2D eigenvalue weighted by molar-refractivity contribution is 0.102. The molecular formula is C18H14N4OS. The Kier molecular flexibility index (Phi) is 4.94. The van der Waals surface area contributed by atoms with Gasteiger partial charge in [-0.3, -0.25) is 4.79 Å². The molecule has 0 bridgehead atoms. The second-order valence-corrected chi connectivity index (χ2v) is 5.66. The molecule has 0 radical (unpaired) electrons. The highest BCUT2D eigenvalue weighted by Crippen LogP contribution is 2.16. The zero-order chi connectivity index (χ0) is 16.8. The van der Waals surface area contributed by atoms with Crippen molar-refractivity contribution in [3.8, 4) is 11.8 Å². The van der Waals surface area contributed by atoms with E-state index in [1.807, 2.05) is 49.4 Å². The van der Waals surface area contributed by atoms with Crippen molar-refractivity contribution in [3.05, 3.63) is 70.5 Å². The molecule has 3 rings (SSSR count). The van der Waals surface area contributed by atoms with Gasteiger partial charge in [0.2, 0.25) is 0 Å². The normalized spacial score (nSPS) is 9.88. The minimum atomic E-state index is -0.198. The number of carbonyl (C=O) groups excluding carboxylic acids is 1. The van der Waals surface area contributed by atoms with Gasteiger partial charge in [-0.05, 0) is 54.2 Å². The topological polar surface area (TPSA) is 67.8 Å². The van der Waals surface area contributed by atoms with Gasteiger partial charge in [0.25, 0.3) is 5.91 Å². The third-order valence-electron chi connectivity index (χ3n) is 3.22. The number of pyridine rings is 1. The Morgan fingerprint density at radius 3 is 2.92 bits per heavy atom. The molecule has 0 saturated carbocycles. The van der Waals surface area contributed by atoms with Crippen LogP contribution in [0.4, 0.5) is 5.69 Å². The maximum absolute atomic E-state index is 12.3. The van der Waals surface area contributed by atoms with Gasteiger partial charge in [0.1, 0.15) is 10.6 Å². The number of hydrogen-bond donors (Lipinski definition) is 1. The van der Waals surface area contributed by atoms with Crippen LogP contribution in [0.15, 0.2) is 48.7 Å². The number of amides is 1. The van der Waals surface area contributed by atoms with Crippen molar-refractivity contribution in [1.29, 1.82) is 0 Å². The summed E-state index contributed by atoms with van der Waals surface area (Å²) in [4.78, 5) is 17.0. The zero-order valence-corrected chi connectivity index (χ0v) is 13.8. The lowest BCUT2D eigenvalue weighted by Crippen LogP contribution is -2.12.